The maximum Gasteiger partial charge on any atom is 0.339 e. The van der Waals surface area contributed by atoms with Crippen molar-refractivity contribution in [3.05, 3.63) is 23.8 Å². The number of hydrogen-bond donors (Lipinski definition) is 5. The van der Waals surface area contributed by atoms with Gasteiger partial charge in [-0.05, 0) is 12.1 Å². The van der Waals surface area contributed by atoms with Crippen molar-refractivity contribution < 1.29 is 34.7 Å². The van der Waals surface area contributed by atoms with Crippen molar-refractivity contribution in [2.75, 3.05) is 12.3 Å². The molecule has 1 unspecified atom stereocenters. The number of hydrogen-bond acceptors (Lipinski definition) is 7. The molecule has 0 spiro atoms. The lowest BCUT2D eigenvalue weighted by Gasteiger charge is -2.35. The normalized spacial score (nSPS) is 29.9. The predicted molar refractivity (Wildman–Crippen MR) is 66.2 cm³/mol. The van der Waals surface area contributed by atoms with Crippen LogP contribution in [0.1, 0.15) is 10.4 Å². The lowest BCUT2D eigenvalue weighted by Crippen LogP contribution is -2.54. The van der Waals surface area contributed by atoms with E-state index in [9.17, 15) is 20.1 Å². The molecule has 0 aliphatic carbocycles. The molecule has 0 saturated carbocycles. The van der Waals surface area contributed by atoms with Crippen LogP contribution in [0.2, 0.25) is 0 Å². The van der Waals surface area contributed by atoms with E-state index in [1.807, 2.05) is 0 Å². The maximum absolute atomic E-state index is 11.1. The monoisotopic (exact) mass is 285 g/mol. The number of aromatic carboxylic acids is 1. The summed E-state index contributed by atoms with van der Waals surface area (Å²) in [5.74, 6) is -1.32. The van der Waals surface area contributed by atoms with Crippen LogP contribution in [0.25, 0.3) is 0 Å². The summed E-state index contributed by atoms with van der Waals surface area (Å²) in [6, 6.07) is 3.93. The number of benzene rings is 1. The average Bonchev–Trinajstić information content (AvgIpc) is 2.39. The number of anilines is 1. The molecule has 0 aromatic heterocycles. The van der Waals surface area contributed by atoms with Crippen molar-refractivity contribution in [1.82, 2.24) is 0 Å². The third kappa shape index (κ3) is 2.83. The second-order valence-electron chi connectivity index (χ2n) is 4.43. The number of rotatable bonds is 3. The summed E-state index contributed by atoms with van der Waals surface area (Å²) in [5, 5.41) is 37.6. The zero-order chi connectivity index (χ0) is 14.9. The molecule has 1 saturated heterocycles. The van der Waals surface area contributed by atoms with Crippen LogP contribution in [0.15, 0.2) is 18.2 Å². The van der Waals surface area contributed by atoms with Gasteiger partial charge in [0.25, 0.3) is 0 Å². The van der Waals surface area contributed by atoms with E-state index in [0.29, 0.717) is 0 Å². The maximum atomic E-state index is 11.1. The van der Waals surface area contributed by atoms with E-state index in [-0.39, 0.29) is 23.6 Å². The van der Waals surface area contributed by atoms with Gasteiger partial charge in [0.05, 0.1) is 6.61 Å². The van der Waals surface area contributed by atoms with Crippen LogP contribution in [0, 0.1) is 0 Å². The molecule has 1 aliphatic rings. The van der Waals surface area contributed by atoms with Crippen LogP contribution in [-0.4, -0.2) is 57.6 Å². The molecule has 4 atom stereocenters. The summed E-state index contributed by atoms with van der Waals surface area (Å²) in [7, 11) is 0. The lowest BCUT2D eigenvalue weighted by molar-refractivity contribution is -0.242. The first-order chi connectivity index (χ1) is 9.40. The minimum atomic E-state index is -1.51. The number of carboxylic acid groups (broad SMARTS) is 1. The van der Waals surface area contributed by atoms with Gasteiger partial charge in [0.2, 0.25) is 6.29 Å². The third-order valence-electron chi connectivity index (χ3n) is 2.93. The Labute approximate surface area is 114 Å². The van der Waals surface area contributed by atoms with Gasteiger partial charge >= 0.3 is 5.97 Å². The van der Waals surface area contributed by atoms with E-state index in [1.54, 1.807) is 0 Å². The van der Waals surface area contributed by atoms with Gasteiger partial charge in [-0.15, -0.1) is 0 Å². The molecule has 0 bridgehead atoms. The van der Waals surface area contributed by atoms with Crippen LogP contribution in [-0.2, 0) is 4.74 Å². The molecule has 8 nitrogen and oxygen atoms in total. The van der Waals surface area contributed by atoms with Gasteiger partial charge in [-0.25, -0.2) is 4.79 Å². The highest BCUT2D eigenvalue weighted by Crippen LogP contribution is 2.26. The summed E-state index contributed by atoms with van der Waals surface area (Å²) in [5.41, 5.74) is 5.67. The smallest absolute Gasteiger partial charge is 0.339 e. The van der Waals surface area contributed by atoms with Gasteiger partial charge in [0.15, 0.2) is 0 Å². The summed E-state index contributed by atoms with van der Waals surface area (Å²) in [6.07, 6.45) is -5.48. The average molecular weight is 285 g/mol. The summed E-state index contributed by atoms with van der Waals surface area (Å²) >= 11 is 0. The Balaban J connectivity index is 2.21. The fourth-order valence-electron chi connectivity index (χ4n) is 1.82. The van der Waals surface area contributed by atoms with E-state index < -0.39 is 30.6 Å². The van der Waals surface area contributed by atoms with Crippen LogP contribution in [0.3, 0.4) is 0 Å². The van der Waals surface area contributed by atoms with Crippen molar-refractivity contribution in [2.24, 2.45) is 0 Å². The highest BCUT2D eigenvalue weighted by molar-refractivity contribution is 5.91. The van der Waals surface area contributed by atoms with Crippen LogP contribution < -0.4 is 10.5 Å². The number of aliphatic hydroxyl groups is 3. The van der Waals surface area contributed by atoms with Gasteiger partial charge in [-0.1, -0.05) is 0 Å². The van der Waals surface area contributed by atoms with Gasteiger partial charge in [-0.3, -0.25) is 0 Å². The number of ether oxygens (including phenoxy) is 2. The van der Waals surface area contributed by atoms with Crippen molar-refractivity contribution in [3.8, 4) is 5.75 Å². The Hall–Kier alpha value is -1.87. The Kier molecular flexibility index (Phi) is 4.09. The number of aliphatic hydroxyl groups excluding tert-OH is 3. The van der Waals surface area contributed by atoms with E-state index in [4.69, 9.17) is 20.3 Å². The fourth-order valence-corrected chi connectivity index (χ4v) is 1.82. The van der Waals surface area contributed by atoms with Crippen molar-refractivity contribution in [3.63, 3.8) is 0 Å². The van der Waals surface area contributed by atoms with Gasteiger partial charge < -0.3 is 35.6 Å². The predicted octanol–water partition coefficient (Wildman–Crippen LogP) is -1.22. The molecule has 1 aromatic rings. The SMILES string of the molecule is Nc1ccc(C(=O)O)c(OC2OC[C@@H](O)[C@H](O)[C@H]2O)c1. The van der Waals surface area contributed by atoms with Crippen molar-refractivity contribution >= 4 is 11.7 Å². The van der Waals surface area contributed by atoms with Crippen LogP contribution in [0.5, 0.6) is 5.75 Å². The number of nitrogen functional groups attached to an aromatic ring is 1. The molecule has 1 fully saturated rings. The summed E-state index contributed by atoms with van der Waals surface area (Å²) < 4.78 is 10.3. The lowest BCUT2D eigenvalue weighted by atomic mass is 10.1. The quantitative estimate of drug-likeness (QED) is 0.435. The number of nitrogens with two attached hydrogens (primary N) is 1. The van der Waals surface area contributed by atoms with Gasteiger partial charge in [0.1, 0.15) is 29.6 Å². The number of carbonyl (C=O) groups is 1. The summed E-state index contributed by atoms with van der Waals surface area (Å²) in [6.45, 7) is -0.242. The largest absolute Gasteiger partial charge is 0.478 e. The highest BCUT2D eigenvalue weighted by Gasteiger charge is 2.39. The first-order valence-corrected chi connectivity index (χ1v) is 5.85. The molecule has 8 heteroatoms. The van der Waals surface area contributed by atoms with E-state index in [2.05, 4.69) is 0 Å². The molecule has 20 heavy (non-hydrogen) atoms. The van der Waals surface area contributed by atoms with E-state index in [1.165, 1.54) is 18.2 Å². The molecule has 2 rings (SSSR count). The zero-order valence-corrected chi connectivity index (χ0v) is 10.3. The topological polar surface area (TPSA) is 142 Å². The molecule has 1 aliphatic heterocycles. The Morgan fingerprint density at radius 1 is 1.30 bits per heavy atom. The Morgan fingerprint density at radius 2 is 2.00 bits per heavy atom. The van der Waals surface area contributed by atoms with Crippen LogP contribution in [0.4, 0.5) is 5.69 Å². The minimum absolute atomic E-state index is 0.0925. The Bertz CT molecular complexity index is 507. The fraction of sp³-hybridized carbons (Fsp3) is 0.417. The highest BCUT2D eigenvalue weighted by atomic mass is 16.7. The first-order valence-electron chi connectivity index (χ1n) is 5.85. The van der Waals surface area contributed by atoms with Crippen LogP contribution >= 0.6 is 0 Å². The molecule has 6 N–H and O–H groups in total. The molecule has 1 heterocycles. The minimum Gasteiger partial charge on any atom is -0.478 e. The van der Waals surface area contributed by atoms with E-state index >= 15 is 0 Å². The second-order valence-corrected chi connectivity index (χ2v) is 4.43. The number of carboxylic acids is 1. The first kappa shape index (κ1) is 14.5. The zero-order valence-electron chi connectivity index (χ0n) is 10.3. The van der Waals surface area contributed by atoms with E-state index in [0.717, 1.165) is 0 Å². The van der Waals surface area contributed by atoms with Gasteiger partial charge in [-0.2, -0.15) is 0 Å². The molecular weight excluding hydrogens is 270 g/mol. The molecule has 1 aromatic carbocycles. The van der Waals surface area contributed by atoms with Crippen molar-refractivity contribution in [2.45, 2.75) is 24.6 Å². The standard InChI is InChI=1S/C12H15NO7/c13-5-1-2-6(11(17)18)8(3-5)20-12-10(16)9(15)7(14)4-19-12/h1-3,7,9-10,12,14-16H,4,13H2,(H,17,18)/t7-,9+,10-,12?/m1/s1. The summed E-state index contributed by atoms with van der Waals surface area (Å²) in [4.78, 5) is 11.1. The second kappa shape index (κ2) is 5.63. The third-order valence-corrected chi connectivity index (χ3v) is 2.93. The Morgan fingerprint density at radius 3 is 2.65 bits per heavy atom. The molecule has 110 valence electrons. The van der Waals surface area contributed by atoms with Crippen molar-refractivity contribution in [1.29, 1.82) is 0 Å². The molecular formula is C12H15NO7. The van der Waals surface area contributed by atoms with Gasteiger partial charge in [0, 0.05) is 11.8 Å². The molecule has 0 amide bonds. The molecule has 0 radical (unpaired) electrons.